The molecule has 9 aromatic rings. The highest BCUT2D eigenvalue weighted by atomic mass is 16.6. The van der Waals surface area contributed by atoms with E-state index in [-0.39, 0.29) is 5.41 Å². The molecule has 256 valence electrons. The van der Waals surface area contributed by atoms with E-state index in [0.29, 0.717) is 34.7 Å². The van der Waals surface area contributed by atoms with Gasteiger partial charge in [-0.25, -0.2) is 15.0 Å². The van der Waals surface area contributed by atoms with Crippen LogP contribution in [-0.4, -0.2) is 15.0 Å². The fraction of sp³-hybridized carbons (Fsp3) is 0.0625. The van der Waals surface area contributed by atoms with Crippen molar-refractivity contribution in [3.63, 3.8) is 0 Å². The van der Waals surface area contributed by atoms with Crippen LogP contribution in [0, 0.1) is 0 Å². The van der Waals surface area contributed by atoms with Crippen molar-refractivity contribution in [1.82, 2.24) is 15.0 Å². The molecule has 6 nitrogen and oxygen atoms in total. The molecule has 0 N–H and O–H groups in total. The summed E-state index contributed by atoms with van der Waals surface area (Å²) in [5.74, 6) is 4.53. The summed E-state index contributed by atoms with van der Waals surface area (Å²) < 4.78 is 19.7. The van der Waals surface area contributed by atoms with Crippen LogP contribution >= 0.6 is 0 Å². The quantitative estimate of drug-likeness (QED) is 0.182. The number of benzene rings is 7. The number of hydrogen-bond donors (Lipinski definition) is 0. The highest BCUT2D eigenvalue weighted by molar-refractivity contribution is 6.05. The molecule has 0 radical (unpaired) electrons. The normalized spacial score (nSPS) is 13.4. The number of furan rings is 1. The van der Waals surface area contributed by atoms with Crippen molar-refractivity contribution in [3.05, 3.63) is 163 Å². The standard InChI is InChI=1S/C48H31N3O3/c1-48(2)36-19-8-6-17-35(36)42-37(48)24-25-40-44(42)54-39-21-11-18-32(43(39)53-40)29-14-10-15-30(26-29)46-49-45(28-12-4-3-5-13-28)50-47(51-46)31-22-23-34-33-16-7-9-20-38(33)52-41(34)27-31/h3-27H,1-2H3. The van der Waals surface area contributed by atoms with E-state index in [1.807, 2.05) is 84.9 Å². The molecule has 0 spiro atoms. The van der Waals surface area contributed by atoms with Gasteiger partial charge in [0.1, 0.15) is 11.2 Å². The first-order valence-electron chi connectivity index (χ1n) is 18.1. The smallest absolute Gasteiger partial charge is 0.178 e. The lowest BCUT2D eigenvalue weighted by Gasteiger charge is -2.26. The maximum Gasteiger partial charge on any atom is 0.178 e. The Hall–Kier alpha value is -7.05. The molecule has 2 aromatic heterocycles. The second-order valence-electron chi connectivity index (χ2n) is 14.4. The number of rotatable bonds is 4. The average Bonchev–Trinajstić information content (AvgIpc) is 3.71. The van der Waals surface area contributed by atoms with Gasteiger partial charge in [0.2, 0.25) is 0 Å². The van der Waals surface area contributed by atoms with Gasteiger partial charge in [-0.15, -0.1) is 0 Å². The summed E-state index contributed by atoms with van der Waals surface area (Å²) in [5, 5.41) is 2.13. The third kappa shape index (κ3) is 4.63. The lowest BCUT2D eigenvalue weighted by Crippen LogP contribution is -2.15. The van der Waals surface area contributed by atoms with Crippen LogP contribution in [0.3, 0.4) is 0 Å². The minimum Gasteiger partial charge on any atom is -0.456 e. The lowest BCUT2D eigenvalue weighted by molar-refractivity contribution is 0.361. The van der Waals surface area contributed by atoms with Gasteiger partial charge in [0.05, 0.1) is 0 Å². The molecule has 7 aromatic carbocycles. The highest BCUT2D eigenvalue weighted by Gasteiger charge is 2.39. The van der Waals surface area contributed by atoms with Gasteiger partial charge >= 0.3 is 0 Å². The number of hydrogen-bond acceptors (Lipinski definition) is 6. The van der Waals surface area contributed by atoms with Crippen molar-refractivity contribution < 1.29 is 13.9 Å². The Balaban J connectivity index is 1.01. The molecule has 0 fully saturated rings. The zero-order chi connectivity index (χ0) is 36.0. The number of fused-ring (bicyclic) bond motifs is 9. The van der Waals surface area contributed by atoms with Crippen LogP contribution in [0.2, 0.25) is 0 Å². The Labute approximate surface area is 311 Å². The largest absolute Gasteiger partial charge is 0.456 e. The first-order valence-corrected chi connectivity index (χ1v) is 18.1. The molecule has 54 heavy (non-hydrogen) atoms. The minimum atomic E-state index is -0.137. The molecule has 1 aliphatic heterocycles. The van der Waals surface area contributed by atoms with E-state index < -0.39 is 0 Å². The topological polar surface area (TPSA) is 70.3 Å². The fourth-order valence-electron chi connectivity index (χ4n) is 8.11. The molecule has 2 aliphatic rings. The first-order chi connectivity index (χ1) is 26.5. The van der Waals surface area contributed by atoms with Crippen LogP contribution in [0.25, 0.3) is 78.4 Å². The van der Waals surface area contributed by atoms with Gasteiger partial charge in [-0.1, -0.05) is 129 Å². The maximum absolute atomic E-state index is 6.76. The molecule has 3 heterocycles. The Kier molecular flexibility index (Phi) is 6.49. The van der Waals surface area contributed by atoms with Gasteiger partial charge in [-0.3, -0.25) is 0 Å². The monoisotopic (exact) mass is 697 g/mol. The molecule has 0 saturated heterocycles. The minimum absolute atomic E-state index is 0.137. The summed E-state index contributed by atoms with van der Waals surface area (Å²) in [5.41, 5.74) is 10.8. The van der Waals surface area contributed by atoms with Crippen molar-refractivity contribution in [1.29, 1.82) is 0 Å². The van der Waals surface area contributed by atoms with E-state index in [0.717, 1.165) is 61.1 Å². The van der Waals surface area contributed by atoms with E-state index in [1.54, 1.807) is 0 Å². The first kappa shape index (κ1) is 30.6. The fourth-order valence-corrected chi connectivity index (χ4v) is 8.11. The summed E-state index contributed by atoms with van der Waals surface area (Å²) in [6.07, 6.45) is 0. The molecule has 0 bridgehead atoms. The number of nitrogens with zero attached hydrogens (tertiary/aromatic N) is 3. The molecule has 0 saturated carbocycles. The van der Waals surface area contributed by atoms with Crippen LogP contribution in [0.15, 0.2) is 156 Å². The van der Waals surface area contributed by atoms with E-state index in [1.165, 1.54) is 16.7 Å². The molecule has 6 heteroatoms. The molecule has 0 amide bonds. The maximum atomic E-state index is 6.76. The summed E-state index contributed by atoms with van der Waals surface area (Å²) in [7, 11) is 0. The van der Waals surface area contributed by atoms with Crippen LogP contribution in [0.4, 0.5) is 0 Å². The number of ether oxygens (including phenoxy) is 2. The van der Waals surface area contributed by atoms with Crippen LogP contribution in [-0.2, 0) is 5.41 Å². The highest BCUT2D eigenvalue weighted by Crippen LogP contribution is 2.59. The van der Waals surface area contributed by atoms with E-state index in [9.17, 15) is 0 Å². The molecular formula is C48H31N3O3. The summed E-state index contributed by atoms with van der Waals surface area (Å²) >= 11 is 0. The molecule has 11 rings (SSSR count). The Morgan fingerprint density at radius 3 is 1.93 bits per heavy atom. The molecular weight excluding hydrogens is 667 g/mol. The zero-order valence-corrected chi connectivity index (χ0v) is 29.5. The van der Waals surface area contributed by atoms with Gasteiger partial charge in [0.25, 0.3) is 0 Å². The van der Waals surface area contributed by atoms with Gasteiger partial charge in [-0.2, -0.15) is 0 Å². The van der Waals surface area contributed by atoms with Crippen molar-refractivity contribution in [2.75, 3.05) is 0 Å². The van der Waals surface area contributed by atoms with Crippen LogP contribution in [0.1, 0.15) is 25.0 Å². The number of para-hydroxylation sites is 2. The Bertz CT molecular complexity index is 2980. The van der Waals surface area contributed by atoms with Crippen LogP contribution in [0.5, 0.6) is 23.0 Å². The summed E-state index contributed by atoms with van der Waals surface area (Å²) in [4.78, 5) is 15.0. The number of aromatic nitrogens is 3. The summed E-state index contributed by atoms with van der Waals surface area (Å²) in [6, 6.07) is 51.3. The van der Waals surface area contributed by atoms with Gasteiger partial charge in [0, 0.05) is 44.0 Å². The molecule has 1 aliphatic carbocycles. The van der Waals surface area contributed by atoms with Gasteiger partial charge in [0.15, 0.2) is 40.5 Å². The van der Waals surface area contributed by atoms with Crippen molar-refractivity contribution in [3.8, 4) is 79.4 Å². The zero-order valence-electron chi connectivity index (χ0n) is 29.5. The van der Waals surface area contributed by atoms with E-state index in [2.05, 4.69) is 80.6 Å². The van der Waals surface area contributed by atoms with E-state index in [4.69, 9.17) is 28.8 Å². The third-order valence-corrected chi connectivity index (χ3v) is 10.8. The Morgan fingerprint density at radius 1 is 0.426 bits per heavy atom. The predicted octanol–water partition coefficient (Wildman–Crippen LogP) is 12.6. The van der Waals surface area contributed by atoms with Crippen molar-refractivity contribution in [2.45, 2.75) is 19.3 Å². The van der Waals surface area contributed by atoms with Gasteiger partial charge < -0.3 is 13.9 Å². The van der Waals surface area contributed by atoms with Gasteiger partial charge in [-0.05, 0) is 58.7 Å². The SMILES string of the molecule is CC1(C)c2ccccc2-c2c1ccc1c2Oc2cccc(-c3cccc(-c4nc(-c5ccccc5)nc(-c5ccc6c(c5)oc5ccccc56)n4)c3)c2O1. The van der Waals surface area contributed by atoms with Crippen LogP contribution < -0.4 is 9.47 Å². The summed E-state index contributed by atoms with van der Waals surface area (Å²) in [6.45, 7) is 4.54. The average molecular weight is 698 g/mol. The van der Waals surface area contributed by atoms with Crippen molar-refractivity contribution >= 4 is 21.9 Å². The van der Waals surface area contributed by atoms with E-state index >= 15 is 0 Å². The Morgan fingerprint density at radius 2 is 1.06 bits per heavy atom. The lowest BCUT2D eigenvalue weighted by atomic mass is 9.82. The predicted molar refractivity (Wildman–Crippen MR) is 213 cm³/mol. The third-order valence-electron chi connectivity index (χ3n) is 10.8. The second-order valence-corrected chi connectivity index (χ2v) is 14.4. The molecule has 0 unspecified atom stereocenters. The van der Waals surface area contributed by atoms with Crippen molar-refractivity contribution in [2.24, 2.45) is 0 Å². The molecule has 0 atom stereocenters. The second kappa shape index (κ2) is 11.5.